The van der Waals surface area contributed by atoms with Crippen molar-refractivity contribution in [2.24, 2.45) is 5.92 Å². The van der Waals surface area contributed by atoms with E-state index in [2.05, 4.69) is 29.1 Å². The zero-order chi connectivity index (χ0) is 19.7. The monoisotopic (exact) mass is 398 g/mol. The van der Waals surface area contributed by atoms with E-state index in [9.17, 15) is 9.18 Å². The number of nitrogens with two attached hydrogens (primary N) is 1. The van der Waals surface area contributed by atoms with Crippen molar-refractivity contribution in [3.8, 4) is 11.3 Å². The number of nitrogens with one attached hydrogen (secondary N) is 1. The molecule has 0 saturated carbocycles. The lowest BCUT2D eigenvalue weighted by atomic mass is 9.96. The molecule has 3 heterocycles. The Labute approximate surface area is 165 Å². The first-order valence-electron chi connectivity index (χ1n) is 9.16. The van der Waals surface area contributed by atoms with Crippen molar-refractivity contribution < 1.29 is 14.1 Å². The molecule has 1 aromatic carbocycles. The van der Waals surface area contributed by atoms with Crippen LogP contribution in [0.15, 0.2) is 57.3 Å². The maximum atomic E-state index is 13.2. The third-order valence-electron chi connectivity index (χ3n) is 4.82. The fourth-order valence-corrected chi connectivity index (χ4v) is 4.37. The topological polar surface area (TPSA) is 75.5 Å². The Morgan fingerprint density at radius 2 is 2.04 bits per heavy atom. The normalized spacial score (nSPS) is 12.7. The number of halogens is 1. The van der Waals surface area contributed by atoms with Gasteiger partial charge in [-0.25, -0.2) is 9.37 Å². The molecule has 4 rings (SSSR count). The molecule has 3 N–H and O–H groups in total. The number of rotatable bonds is 6. The van der Waals surface area contributed by atoms with Crippen LogP contribution in [0.4, 0.5) is 4.39 Å². The summed E-state index contributed by atoms with van der Waals surface area (Å²) in [6.45, 7) is 4.77. The van der Waals surface area contributed by atoms with E-state index in [0.717, 1.165) is 11.1 Å². The highest BCUT2D eigenvalue weighted by Crippen LogP contribution is 2.30. The summed E-state index contributed by atoms with van der Waals surface area (Å²) in [5.41, 5.74) is 1.65. The van der Waals surface area contributed by atoms with Gasteiger partial charge in [-0.15, -0.1) is 11.3 Å². The second-order valence-corrected chi connectivity index (χ2v) is 7.94. The molecule has 0 aliphatic carbocycles. The second-order valence-electron chi connectivity index (χ2n) is 7.08. The van der Waals surface area contributed by atoms with E-state index in [1.165, 1.54) is 23.5 Å². The van der Waals surface area contributed by atoms with Gasteiger partial charge in [0, 0.05) is 22.4 Å². The lowest BCUT2D eigenvalue weighted by Crippen LogP contribution is -2.85. The van der Waals surface area contributed by atoms with Crippen LogP contribution in [0.1, 0.15) is 31.3 Å². The molecular formula is C21H21FN3O2S+. The van der Waals surface area contributed by atoms with Crippen molar-refractivity contribution in [1.82, 2.24) is 9.97 Å². The van der Waals surface area contributed by atoms with E-state index in [4.69, 9.17) is 4.42 Å². The summed E-state index contributed by atoms with van der Waals surface area (Å²) in [7, 11) is 0. The van der Waals surface area contributed by atoms with Gasteiger partial charge in [-0.2, -0.15) is 0 Å². The van der Waals surface area contributed by atoms with Crippen LogP contribution in [-0.2, 0) is 6.54 Å². The van der Waals surface area contributed by atoms with Crippen LogP contribution in [0, 0.1) is 11.7 Å². The number of fused-ring (bicyclic) bond motifs is 1. The van der Waals surface area contributed by atoms with Crippen molar-refractivity contribution in [2.45, 2.75) is 26.4 Å². The Balaban J connectivity index is 1.59. The molecule has 0 unspecified atom stereocenters. The zero-order valence-corrected chi connectivity index (χ0v) is 16.4. The summed E-state index contributed by atoms with van der Waals surface area (Å²) >= 11 is 1.43. The highest BCUT2D eigenvalue weighted by atomic mass is 32.1. The molecule has 5 nitrogen and oxygen atoms in total. The number of furan rings is 1. The molecule has 0 aliphatic rings. The van der Waals surface area contributed by atoms with Gasteiger partial charge in [0.1, 0.15) is 29.0 Å². The van der Waals surface area contributed by atoms with Gasteiger partial charge in [-0.3, -0.25) is 4.79 Å². The third kappa shape index (κ3) is 3.63. The van der Waals surface area contributed by atoms with E-state index in [1.807, 2.05) is 23.6 Å². The number of benzene rings is 1. The highest BCUT2D eigenvalue weighted by Gasteiger charge is 2.21. The summed E-state index contributed by atoms with van der Waals surface area (Å²) in [5, 5.41) is 4.58. The second kappa shape index (κ2) is 7.69. The molecule has 0 radical (unpaired) electrons. The smallest absolute Gasteiger partial charge is 0.260 e. The van der Waals surface area contributed by atoms with Crippen molar-refractivity contribution in [1.29, 1.82) is 0 Å². The van der Waals surface area contributed by atoms with Gasteiger partial charge in [0.25, 0.3) is 5.56 Å². The number of thiophene rings is 1. The van der Waals surface area contributed by atoms with Crippen molar-refractivity contribution in [3.05, 3.63) is 75.6 Å². The summed E-state index contributed by atoms with van der Waals surface area (Å²) in [4.78, 5) is 20.9. The number of nitrogens with zero attached hydrogens (tertiary/aromatic N) is 1. The summed E-state index contributed by atoms with van der Waals surface area (Å²) in [6, 6.07) is 10.3. The summed E-state index contributed by atoms with van der Waals surface area (Å²) in [6.07, 6.45) is 1.59. The standard InChI is InChI=1S/C21H20FN3O2S/c1-12(2)19(13-5-7-14(22)8-6-13)23-10-17-24-20(26)18-15(11-28-21(18)25-17)16-4-3-9-27-16/h3-9,11-12,19,23H,10H2,1-2H3,(H,24,25,26)/p+1/t19-/m1/s1. The zero-order valence-electron chi connectivity index (χ0n) is 15.6. The molecule has 144 valence electrons. The highest BCUT2D eigenvalue weighted by molar-refractivity contribution is 7.17. The van der Waals surface area contributed by atoms with E-state index in [1.54, 1.807) is 12.3 Å². The molecule has 7 heteroatoms. The number of aromatic amines is 1. The fourth-order valence-electron chi connectivity index (χ4n) is 3.42. The van der Waals surface area contributed by atoms with Crippen molar-refractivity contribution >= 4 is 21.6 Å². The number of quaternary nitrogens is 1. The predicted octanol–water partition coefficient (Wildman–Crippen LogP) is 3.84. The Hall–Kier alpha value is -2.77. The minimum absolute atomic E-state index is 0.142. The average molecular weight is 398 g/mol. The number of aromatic nitrogens is 2. The van der Waals surface area contributed by atoms with Gasteiger partial charge >= 0.3 is 0 Å². The molecule has 0 bridgehead atoms. The van der Waals surface area contributed by atoms with E-state index in [-0.39, 0.29) is 17.4 Å². The molecule has 0 saturated heterocycles. The van der Waals surface area contributed by atoms with Gasteiger partial charge in [0.05, 0.1) is 11.6 Å². The first-order chi connectivity index (χ1) is 13.5. The summed E-state index contributed by atoms with van der Waals surface area (Å²) in [5.74, 6) is 1.38. The van der Waals surface area contributed by atoms with Crippen molar-refractivity contribution in [3.63, 3.8) is 0 Å². The van der Waals surface area contributed by atoms with E-state index in [0.29, 0.717) is 34.3 Å². The van der Waals surface area contributed by atoms with Gasteiger partial charge in [0.15, 0.2) is 5.82 Å². The molecule has 0 aliphatic heterocycles. The number of hydrogen-bond donors (Lipinski definition) is 2. The first kappa shape index (κ1) is 18.6. The molecule has 28 heavy (non-hydrogen) atoms. The maximum absolute atomic E-state index is 13.2. The van der Waals surface area contributed by atoms with Gasteiger partial charge in [-0.05, 0) is 24.3 Å². The average Bonchev–Trinajstić information content (AvgIpc) is 3.32. The summed E-state index contributed by atoms with van der Waals surface area (Å²) < 4.78 is 18.7. The van der Waals surface area contributed by atoms with Crippen molar-refractivity contribution in [2.75, 3.05) is 0 Å². The van der Waals surface area contributed by atoms with Crippen LogP contribution in [0.2, 0.25) is 0 Å². The quantitative estimate of drug-likeness (QED) is 0.518. The molecular weight excluding hydrogens is 377 g/mol. The third-order valence-corrected chi connectivity index (χ3v) is 5.69. The lowest BCUT2D eigenvalue weighted by molar-refractivity contribution is -0.718. The molecule has 3 aromatic heterocycles. The molecule has 1 atom stereocenters. The van der Waals surface area contributed by atoms with Gasteiger partial charge in [0.2, 0.25) is 0 Å². The molecule has 0 fully saturated rings. The Morgan fingerprint density at radius 1 is 1.25 bits per heavy atom. The minimum Gasteiger partial charge on any atom is -0.464 e. The maximum Gasteiger partial charge on any atom is 0.260 e. The Bertz CT molecular complexity index is 1130. The molecule has 0 spiro atoms. The Kier molecular flexibility index (Phi) is 5.11. The molecule has 4 aromatic rings. The predicted molar refractivity (Wildman–Crippen MR) is 108 cm³/mol. The van der Waals surface area contributed by atoms with Crippen LogP contribution in [0.5, 0.6) is 0 Å². The van der Waals surface area contributed by atoms with Gasteiger partial charge in [-0.1, -0.05) is 26.0 Å². The fraction of sp³-hybridized carbons (Fsp3) is 0.238. The number of hydrogen-bond acceptors (Lipinski definition) is 4. The largest absolute Gasteiger partial charge is 0.464 e. The van der Waals surface area contributed by atoms with E-state index < -0.39 is 0 Å². The van der Waals surface area contributed by atoms with Crippen LogP contribution in [-0.4, -0.2) is 9.97 Å². The van der Waals surface area contributed by atoms with E-state index >= 15 is 0 Å². The van der Waals surface area contributed by atoms with Crippen LogP contribution >= 0.6 is 11.3 Å². The first-order valence-corrected chi connectivity index (χ1v) is 10.0. The SMILES string of the molecule is CC(C)[C@@H]([NH2+]Cc1nc2scc(-c3ccco3)c2c(=O)[nH]1)c1ccc(F)cc1. The van der Waals surface area contributed by atoms with Crippen LogP contribution < -0.4 is 10.9 Å². The molecule has 0 amide bonds. The minimum atomic E-state index is -0.243. The van der Waals surface area contributed by atoms with Crippen LogP contribution in [0.3, 0.4) is 0 Å². The lowest BCUT2D eigenvalue weighted by Gasteiger charge is -2.19. The Morgan fingerprint density at radius 3 is 2.71 bits per heavy atom. The van der Waals surface area contributed by atoms with Crippen LogP contribution in [0.25, 0.3) is 21.5 Å². The number of H-pyrrole nitrogens is 1. The van der Waals surface area contributed by atoms with Gasteiger partial charge < -0.3 is 14.7 Å².